The zero-order chi connectivity index (χ0) is 14.0. The molecule has 2 heterocycles. The van der Waals surface area contributed by atoms with Crippen molar-refractivity contribution in [3.63, 3.8) is 0 Å². The summed E-state index contributed by atoms with van der Waals surface area (Å²) < 4.78 is 0. The van der Waals surface area contributed by atoms with Gasteiger partial charge in [0.1, 0.15) is 18.0 Å². The van der Waals surface area contributed by atoms with E-state index in [9.17, 15) is 0 Å². The molecule has 1 saturated heterocycles. The van der Waals surface area contributed by atoms with Gasteiger partial charge in [0.05, 0.1) is 0 Å². The van der Waals surface area contributed by atoms with Crippen molar-refractivity contribution in [1.82, 2.24) is 9.97 Å². The van der Waals surface area contributed by atoms with Gasteiger partial charge in [-0.1, -0.05) is 27.7 Å². The first-order valence-corrected chi connectivity index (χ1v) is 7.28. The molecule has 0 spiro atoms. The number of aromatic nitrogens is 2. The molecule has 0 radical (unpaired) electrons. The predicted molar refractivity (Wildman–Crippen MR) is 80.9 cm³/mol. The number of nitrogens with one attached hydrogen (secondary N) is 1. The Morgan fingerprint density at radius 1 is 1.37 bits per heavy atom. The van der Waals surface area contributed by atoms with E-state index in [4.69, 9.17) is 0 Å². The molecule has 0 saturated carbocycles. The molecule has 0 bridgehead atoms. The van der Waals surface area contributed by atoms with Crippen LogP contribution in [0.4, 0.5) is 11.6 Å². The van der Waals surface area contributed by atoms with Crippen molar-refractivity contribution in [2.75, 3.05) is 29.9 Å². The molecule has 0 aromatic carbocycles. The summed E-state index contributed by atoms with van der Waals surface area (Å²) >= 11 is 0. The molecule has 19 heavy (non-hydrogen) atoms. The number of nitrogens with zero attached hydrogens (tertiary/aromatic N) is 3. The third kappa shape index (κ3) is 2.99. The zero-order valence-corrected chi connectivity index (χ0v) is 12.8. The average molecular weight is 262 g/mol. The van der Waals surface area contributed by atoms with E-state index in [-0.39, 0.29) is 0 Å². The van der Waals surface area contributed by atoms with Crippen LogP contribution in [-0.4, -0.2) is 29.6 Å². The minimum absolute atomic E-state index is 0.386. The van der Waals surface area contributed by atoms with E-state index < -0.39 is 0 Å². The Hall–Kier alpha value is -1.32. The monoisotopic (exact) mass is 262 g/mol. The molecule has 1 aliphatic rings. The van der Waals surface area contributed by atoms with Gasteiger partial charge in [-0.3, -0.25) is 0 Å². The molecule has 2 rings (SSSR count). The molecule has 0 atom stereocenters. The standard InChI is InChI=1S/C15H26N4/c1-6-16-13-12(11(2)3)14(18-10-17-13)19-8-7-15(4,5)9-19/h10-11H,6-9H2,1-5H3,(H,16,17,18). The molecule has 4 heteroatoms. The van der Waals surface area contributed by atoms with E-state index >= 15 is 0 Å². The van der Waals surface area contributed by atoms with Crippen LogP contribution in [0.15, 0.2) is 6.33 Å². The van der Waals surface area contributed by atoms with E-state index in [2.05, 4.69) is 54.8 Å². The minimum atomic E-state index is 0.386. The Kier molecular flexibility index (Phi) is 3.97. The average Bonchev–Trinajstić information content (AvgIpc) is 2.69. The van der Waals surface area contributed by atoms with Gasteiger partial charge in [-0.05, 0) is 24.7 Å². The Morgan fingerprint density at radius 3 is 2.63 bits per heavy atom. The lowest BCUT2D eigenvalue weighted by atomic mass is 9.93. The van der Waals surface area contributed by atoms with Gasteiger partial charge in [0, 0.05) is 25.2 Å². The van der Waals surface area contributed by atoms with Crippen molar-refractivity contribution < 1.29 is 0 Å². The number of anilines is 2. The van der Waals surface area contributed by atoms with E-state index in [1.54, 1.807) is 6.33 Å². The predicted octanol–water partition coefficient (Wildman–Crippen LogP) is 3.27. The normalized spacial score (nSPS) is 18.1. The quantitative estimate of drug-likeness (QED) is 0.904. The highest BCUT2D eigenvalue weighted by molar-refractivity contribution is 5.60. The first-order valence-electron chi connectivity index (χ1n) is 7.28. The van der Waals surface area contributed by atoms with Crippen molar-refractivity contribution in [2.24, 2.45) is 5.41 Å². The second kappa shape index (κ2) is 5.35. The smallest absolute Gasteiger partial charge is 0.137 e. The van der Waals surface area contributed by atoms with Gasteiger partial charge in [0.15, 0.2) is 0 Å². The summed E-state index contributed by atoms with van der Waals surface area (Å²) in [5, 5.41) is 3.36. The maximum absolute atomic E-state index is 4.57. The van der Waals surface area contributed by atoms with E-state index in [0.29, 0.717) is 11.3 Å². The molecule has 1 aromatic heterocycles. The van der Waals surface area contributed by atoms with Crippen molar-refractivity contribution >= 4 is 11.6 Å². The maximum Gasteiger partial charge on any atom is 0.137 e. The van der Waals surface area contributed by atoms with E-state index in [1.807, 2.05) is 0 Å². The second-order valence-corrected chi connectivity index (χ2v) is 6.48. The van der Waals surface area contributed by atoms with Crippen LogP contribution in [0, 0.1) is 5.41 Å². The van der Waals surface area contributed by atoms with Gasteiger partial charge in [-0.25, -0.2) is 9.97 Å². The minimum Gasteiger partial charge on any atom is -0.370 e. The molecule has 1 N–H and O–H groups in total. The summed E-state index contributed by atoms with van der Waals surface area (Å²) in [5.41, 5.74) is 1.64. The number of hydrogen-bond donors (Lipinski definition) is 1. The van der Waals surface area contributed by atoms with Gasteiger partial charge in [0.2, 0.25) is 0 Å². The summed E-state index contributed by atoms with van der Waals surface area (Å²) in [7, 11) is 0. The van der Waals surface area contributed by atoms with Gasteiger partial charge in [-0.2, -0.15) is 0 Å². The largest absolute Gasteiger partial charge is 0.370 e. The fourth-order valence-electron chi connectivity index (χ4n) is 2.77. The molecule has 1 fully saturated rings. The SMILES string of the molecule is CCNc1ncnc(N2CCC(C)(C)C2)c1C(C)C. The van der Waals surface area contributed by atoms with Crippen LogP contribution in [0.25, 0.3) is 0 Å². The van der Waals surface area contributed by atoms with Crippen LogP contribution in [0.2, 0.25) is 0 Å². The van der Waals surface area contributed by atoms with Crippen LogP contribution in [-0.2, 0) is 0 Å². The summed E-state index contributed by atoms with van der Waals surface area (Å²) in [5.74, 6) is 2.53. The Labute approximate surface area is 116 Å². The lowest BCUT2D eigenvalue weighted by Gasteiger charge is -2.25. The van der Waals surface area contributed by atoms with E-state index in [1.165, 1.54) is 12.0 Å². The first kappa shape index (κ1) is 14.1. The molecular formula is C15H26N4. The molecule has 4 nitrogen and oxygen atoms in total. The number of hydrogen-bond acceptors (Lipinski definition) is 4. The summed E-state index contributed by atoms with van der Waals surface area (Å²) in [6, 6.07) is 0. The van der Waals surface area contributed by atoms with Crippen LogP contribution in [0.3, 0.4) is 0 Å². The summed E-state index contributed by atoms with van der Waals surface area (Å²) in [6.45, 7) is 14.2. The van der Waals surface area contributed by atoms with Crippen LogP contribution >= 0.6 is 0 Å². The highest BCUT2D eigenvalue weighted by atomic mass is 15.2. The molecule has 106 valence electrons. The fraction of sp³-hybridized carbons (Fsp3) is 0.733. The Morgan fingerprint density at radius 2 is 2.11 bits per heavy atom. The topological polar surface area (TPSA) is 41.1 Å². The van der Waals surface area contributed by atoms with Crippen molar-refractivity contribution in [3.05, 3.63) is 11.9 Å². The molecule has 1 aliphatic heterocycles. The van der Waals surface area contributed by atoms with Crippen molar-refractivity contribution in [2.45, 2.75) is 47.0 Å². The zero-order valence-electron chi connectivity index (χ0n) is 12.8. The summed E-state index contributed by atoms with van der Waals surface area (Å²) in [6.07, 6.45) is 2.91. The molecular weight excluding hydrogens is 236 g/mol. The first-order chi connectivity index (χ1) is 8.94. The van der Waals surface area contributed by atoms with Gasteiger partial charge >= 0.3 is 0 Å². The molecule has 0 unspecified atom stereocenters. The third-order valence-electron chi connectivity index (χ3n) is 3.76. The molecule has 0 amide bonds. The van der Waals surface area contributed by atoms with Crippen LogP contribution in [0.5, 0.6) is 0 Å². The third-order valence-corrected chi connectivity index (χ3v) is 3.76. The van der Waals surface area contributed by atoms with E-state index in [0.717, 1.165) is 31.3 Å². The fourth-order valence-corrected chi connectivity index (χ4v) is 2.77. The lowest BCUT2D eigenvalue weighted by Crippen LogP contribution is -2.25. The highest BCUT2D eigenvalue weighted by Crippen LogP contribution is 2.37. The Bertz CT molecular complexity index is 440. The maximum atomic E-state index is 4.57. The highest BCUT2D eigenvalue weighted by Gasteiger charge is 2.32. The molecule has 0 aliphatic carbocycles. The van der Waals surface area contributed by atoms with Gasteiger partial charge < -0.3 is 10.2 Å². The molecule has 1 aromatic rings. The van der Waals surface area contributed by atoms with Crippen LogP contribution < -0.4 is 10.2 Å². The van der Waals surface area contributed by atoms with Crippen LogP contribution in [0.1, 0.15) is 52.5 Å². The van der Waals surface area contributed by atoms with Crippen molar-refractivity contribution in [3.8, 4) is 0 Å². The van der Waals surface area contributed by atoms with Crippen molar-refractivity contribution in [1.29, 1.82) is 0 Å². The van der Waals surface area contributed by atoms with Gasteiger partial charge in [-0.15, -0.1) is 0 Å². The van der Waals surface area contributed by atoms with Gasteiger partial charge in [0.25, 0.3) is 0 Å². The second-order valence-electron chi connectivity index (χ2n) is 6.48. The lowest BCUT2D eigenvalue weighted by molar-refractivity contribution is 0.418. The summed E-state index contributed by atoms with van der Waals surface area (Å²) in [4.78, 5) is 11.4. The Balaban J connectivity index is 2.37. The number of rotatable bonds is 4.